The molecule has 0 fully saturated rings. The summed E-state index contributed by atoms with van der Waals surface area (Å²) in [6.07, 6.45) is 6.15. The van der Waals surface area contributed by atoms with Gasteiger partial charge in [0.2, 0.25) is 0 Å². The molecule has 1 aromatic rings. The lowest BCUT2D eigenvalue weighted by atomic mass is 9.93. The van der Waals surface area contributed by atoms with E-state index in [-0.39, 0.29) is 12.1 Å². The van der Waals surface area contributed by atoms with Crippen LogP contribution in [0.3, 0.4) is 0 Å². The number of carbonyl (C=O) groups is 1. The number of hydrogen-bond donors (Lipinski definition) is 2. The molecule has 22 heavy (non-hydrogen) atoms. The molecule has 0 unspecified atom stereocenters. The lowest BCUT2D eigenvalue weighted by molar-refractivity contribution is 0.235. The van der Waals surface area contributed by atoms with E-state index in [4.69, 9.17) is 0 Å². The van der Waals surface area contributed by atoms with Crippen LogP contribution in [0.1, 0.15) is 50.4 Å². The summed E-state index contributed by atoms with van der Waals surface area (Å²) in [6, 6.07) is 0.0447. The number of carbonyl (C=O) groups excluding carboxylic acids is 1. The van der Waals surface area contributed by atoms with E-state index >= 15 is 0 Å². The highest BCUT2D eigenvalue weighted by molar-refractivity contribution is 7.99. The van der Waals surface area contributed by atoms with E-state index in [9.17, 15) is 4.79 Å². The van der Waals surface area contributed by atoms with Gasteiger partial charge in [0.25, 0.3) is 0 Å². The van der Waals surface area contributed by atoms with Crippen molar-refractivity contribution in [1.82, 2.24) is 20.4 Å². The smallest absolute Gasteiger partial charge is 0.315 e. The molecule has 2 rings (SSSR count). The molecule has 1 aliphatic carbocycles. The number of aromatic nitrogens is 2. The first-order valence-electron chi connectivity index (χ1n) is 8.20. The molecule has 2 amide bonds. The Hall–Kier alpha value is -1.17. The Kier molecular flexibility index (Phi) is 6.61. The van der Waals surface area contributed by atoms with Gasteiger partial charge in [-0.25, -0.2) is 4.79 Å². The molecule has 1 aliphatic rings. The maximum atomic E-state index is 12.0. The number of nitrogens with zero attached hydrogens (tertiary/aromatic N) is 2. The van der Waals surface area contributed by atoms with Crippen molar-refractivity contribution in [3.8, 4) is 0 Å². The van der Waals surface area contributed by atoms with E-state index in [1.807, 2.05) is 29.7 Å². The molecule has 0 aliphatic heterocycles. The van der Waals surface area contributed by atoms with Crippen LogP contribution < -0.4 is 10.6 Å². The average Bonchev–Trinajstić information content (AvgIpc) is 2.84. The quantitative estimate of drug-likeness (QED) is 0.758. The van der Waals surface area contributed by atoms with Crippen LogP contribution in [-0.4, -0.2) is 33.9 Å². The Morgan fingerprint density at radius 3 is 3.14 bits per heavy atom. The lowest BCUT2D eigenvalue weighted by Gasteiger charge is -2.22. The minimum absolute atomic E-state index is 0.0597. The summed E-state index contributed by atoms with van der Waals surface area (Å²) in [6.45, 7) is 5.20. The molecule has 2 N–H and O–H groups in total. The Bertz CT molecular complexity index is 486. The van der Waals surface area contributed by atoms with E-state index < -0.39 is 0 Å². The van der Waals surface area contributed by atoms with Gasteiger partial charge in [0.15, 0.2) is 0 Å². The van der Waals surface area contributed by atoms with Crippen molar-refractivity contribution in [2.24, 2.45) is 13.0 Å². The standard InChI is InChI=1S/C16H28N4OS/c1-12(2)11-22-9-5-8-17-16(21)18-14-6-4-7-15-13(14)10-20(3)19-15/h10,12,14H,4-9,11H2,1-3H3,(H2,17,18,21)/t14-/m0/s1. The number of thioether (sulfide) groups is 1. The van der Waals surface area contributed by atoms with Crippen molar-refractivity contribution in [3.05, 3.63) is 17.5 Å². The maximum absolute atomic E-state index is 12.0. The van der Waals surface area contributed by atoms with Gasteiger partial charge in [-0.1, -0.05) is 13.8 Å². The Morgan fingerprint density at radius 2 is 2.36 bits per heavy atom. The van der Waals surface area contributed by atoms with Gasteiger partial charge in [-0.2, -0.15) is 16.9 Å². The van der Waals surface area contributed by atoms with Crippen LogP contribution >= 0.6 is 11.8 Å². The third kappa shape index (κ3) is 5.23. The van der Waals surface area contributed by atoms with Gasteiger partial charge < -0.3 is 10.6 Å². The van der Waals surface area contributed by atoms with Crippen molar-refractivity contribution in [2.45, 2.75) is 45.6 Å². The second kappa shape index (κ2) is 8.46. The second-order valence-electron chi connectivity index (χ2n) is 6.37. The number of hydrogen-bond acceptors (Lipinski definition) is 3. The van der Waals surface area contributed by atoms with Gasteiger partial charge in [0.05, 0.1) is 11.7 Å². The SMILES string of the molecule is CC(C)CSCCCNC(=O)N[C@H]1CCCc2nn(C)cc21. The fraction of sp³-hybridized carbons (Fsp3) is 0.750. The van der Waals surface area contributed by atoms with E-state index in [0.717, 1.165) is 49.6 Å². The van der Waals surface area contributed by atoms with Crippen molar-refractivity contribution in [2.75, 3.05) is 18.1 Å². The van der Waals surface area contributed by atoms with E-state index in [1.165, 1.54) is 11.3 Å². The van der Waals surface area contributed by atoms with Crippen LogP contribution in [0.5, 0.6) is 0 Å². The molecule has 0 radical (unpaired) electrons. The fourth-order valence-corrected chi connectivity index (χ4v) is 3.71. The van der Waals surface area contributed by atoms with Crippen LogP contribution in [0.25, 0.3) is 0 Å². The minimum atomic E-state index is -0.0597. The van der Waals surface area contributed by atoms with Crippen molar-refractivity contribution < 1.29 is 4.79 Å². The number of nitrogens with one attached hydrogen (secondary N) is 2. The summed E-state index contributed by atoms with van der Waals surface area (Å²) in [7, 11) is 1.93. The molecule has 0 aromatic carbocycles. The van der Waals surface area contributed by atoms with Crippen LogP contribution in [-0.2, 0) is 13.5 Å². The number of amides is 2. The van der Waals surface area contributed by atoms with Crippen LogP contribution in [0.15, 0.2) is 6.20 Å². The van der Waals surface area contributed by atoms with Crippen molar-refractivity contribution in [1.29, 1.82) is 0 Å². The third-order valence-corrected chi connectivity index (χ3v) is 5.21. The number of urea groups is 1. The highest BCUT2D eigenvalue weighted by Crippen LogP contribution is 2.28. The van der Waals surface area contributed by atoms with Gasteiger partial charge in [-0.05, 0) is 43.1 Å². The van der Waals surface area contributed by atoms with Crippen molar-refractivity contribution >= 4 is 17.8 Å². The summed E-state index contributed by atoms with van der Waals surface area (Å²) in [4.78, 5) is 12.0. The first kappa shape index (κ1) is 17.2. The molecule has 1 heterocycles. The number of aryl methyl sites for hydroxylation is 2. The van der Waals surface area contributed by atoms with Crippen LogP contribution in [0.4, 0.5) is 4.79 Å². The maximum Gasteiger partial charge on any atom is 0.315 e. The molecule has 0 bridgehead atoms. The van der Waals surface area contributed by atoms with Gasteiger partial charge in [-0.15, -0.1) is 0 Å². The average molecular weight is 324 g/mol. The van der Waals surface area contributed by atoms with E-state index in [2.05, 4.69) is 29.6 Å². The zero-order chi connectivity index (χ0) is 15.9. The highest BCUT2D eigenvalue weighted by atomic mass is 32.2. The first-order chi connectivity index (χ1) is 10.6. The predicted molar refractivity (Wildman–Crippen MR) is 92.2 cm³/mol. The summed E-state index contributed by atoms with van der Waals surface area (Å²) in [5.41, 5.74) is 2.31. The zero-order valence-corrected chi connectivity index (χ0v) is 14.7. The molecule has 1 aromatic heterocycles. The number of rotatable bonds is 7. The zero-order valence-electron chi connectivity index (χ0n) is 13.9. The number of fused-ring (bicyclic) bond motifs is 1. The minimum Gasteiger partial charge on any atom is -0.338 e. The third-order valence-electron chi connectivity index (χ3n) is 3.73. The van der Waals surface area contributed by atoms with Crippen LogP contribution in [0.2, 0.25) is 0 Å². The molecule has 1 atom stereocenters. The van der Waals surface area contributed by atoms with Crippen molar-refractivity contribution in [3.63, 3.8) is 0 Å². The highest BCUT2D eigenvalue weighted by Gasteiger charge is 2.24. The molecule has 5 nitrogen and oxygen atoms in total. The van der Waals surface area contributed by atoms with E-state index in [1.54, 1.807) is 0 Å². The summed E-state index contributed by atoms with van der Waals surface area (Å²) >= 11 is 1.96. The summed E-state index contributed by atoms with van der Waals surface area (Å²) < 4.78 is 1.84. The van der Waals surface area contributed by atoms with Crippen LogP contribution in [0, 0.1) is 5.92 Å². The molecule has 0 saturated carbocycles. The molecular weight excluding hydrogens is 296 g/mol. The molecule has 0 spiro atoms. The molecular formula is C16H28N4OS. The molecule has 0 saturated heterocycles. The van der Waals surface area contributed by atoms with Gasteiger partial charge >= 0.3 is 6.03 Å². The fourth-order valence-electron chi connectivity index (χ4n) is 2.72. The Labute approximate surface area is 137 Å². The monoisotopic (exact) mass is 324 g/mol. The summed E-state index contributed by atoms with van der Waals surface area (Å²) in [5.74, 6) is 3.04. The largest absolute Gasteiger partial charge is 0.338 e. The normalized spacial score (nSPS) is 17.4. The second-order valence-corrected chi connectivity index (χ2v) is 7.52. The lowest BCUT2D eigenvalue weighted by Crippen LogP contribution is -2.39. The molecule has 6 heteroatoms. The van der Waals surface area contributed by atoms with Gasteiger partial charge in [0, 0.05) is 25.4 Å². The topological polar surface area (TPSA) is 59.0 Å². The van der Waals surface area contributed by atoms with E-state index in [0.29, 0.717) is 0 Å². The predicted octanol–water partition coefficient (Wildman–Crippen LogP) is 2.88. The Morgan fingerprint density at radius 1 is 1.55 bits per heavy atom. The van der Waals surface area contributed by atoms with Gasteiger partial charge in [0.1, 0.15) is 0 Å². The van der Waals surface area contributed by atoms with Gasteiger partial charge in [-0.3, -0.25) is 4.68 Å². The Balaban J connectivity index is 1.67. The first-order valence-corrected chi connectivity index (χ1v) is 9.36. The summed E-state index contributed by atoms with van der Waals surface area (Å²) in [5, 5.41) is 10.5. The molecule has 124 valence electrons.